The topological polar surface area (TPSA) is 65.7 Å². The number of thiocarbonyl (C=S) groups is 1. The van der Waals surface area contributed by atoms with E-state index in [9.17, 15) is 8.78 Å². The standard InChI is InChI=1S/C20H23F2N5S/c21-17-9-15(11-24-26-20(23)28)10-18(22)19(17)25-16-7-4-8-27(13-16)12-14-5-2-1-3-6-14/h1-3,5-6,9-11,16,25H,4,7-8,12-13H2,(H3,23,26,28)/t16-/m0/s1. The molecule has 1 aliphatic rings. The summed E-state index contributed by atoms with van der Waals surface area (Å²) in [6, 6.07) is 12.6. The molecule has 0 saturated carbocycles. The summed E-state index contributed by atoms with van der Waals surface area (Å²) < 4.78 is 28.9. The molecule has 1 atom stereocenters. The quantitative estimate of drug-likeness (QED) is 0.393. The first-order valence-electron chi connectivity index (χ1n) is 9.11. The molecule has 0 amide bonds. The first kappa shape index (κ1) is 20.2. The number of likely N-dealkylation sites (tertiary alicyclic amines) is 1. The number of halogens is 2. The number of rotatable bonds is 6. The molecule has 28 heavy (non-hydrogen) atoms. The number of anilines is 1. The lowest BCUT2D eigenvalue weighted by Crippen LogP contribution is -2.41. The van der Waals surface area contributed by atoms with Gasteiger partial charge < -0.3 is 11.1 Å². The fourth-order valence-corrected chi connectivity index (χ4v) is 3.39. The van der Waals surface area contributed by atoms with Crippen molar-refractivity contribution in [3.63, 3.8) is 0 Å². The molecule has 0 bridgehead atoms. The number of piperidine rings is 1. The van der Waals surface area contributed by atoms with Crippen LogP contribution in [0.25, 0.3) is 0 Å². The van der Waals surface area contributed by atoms with Crippen LogP contribution < -0.4 is 16.5 Å². The summed E-state index contributed by atoms with van der Waals surface area (Å²) in [5.74, 6) is -1.31. The van der Waals surface area contributed by atoms with Crippen LogP contribution in [0.4, 0.5) is 14.5 Å². The minimum atomic E-state index is -0.656. The van der Waals surface area contributed by atoms with Crippen molar-refractivity contribution in [1.29, 1.82) is 0 Å². The summed E-state index contributed by atoms with van der Waals surface area (Å²) in [5.41, 5.74) is 9.00. The minimum Gasteiger partial charge on any atom is -0.376 e. The highest BCUT2D eigenvalue weighted by Crippen LogP contribution is 2.24. The van der Waals surface area contributed by atoms with Gasteiger partial charge in [0.25, 0.3) is 0 Å². The van der Waals surface area contributed by atoms with E-state index in [1.807, 2.05) is 18.2 Å². The fraction of sp³-hybridized carbons (Fsp3) is 0.300. The monoisotopic (exact) mass is 403 g/mol. The Balaban J connectivity index is 1.64. The molecule has 148 valence electrons. The molecule has 1 saturated heterocycles. The molecule has 4 N–H and O–H groups in total. The Morgan fingerprint density at radius 2 is 1.96 bits per heavy atom. The lowest BCUT2D eigenvalue weighted by molar-refractivity contribution is 0.208. The van der Waals surface area contributed by atoms with Crippen LogP contribution in [0.5, 0.6) is 0 Å². The summed E-state index contributed by atoms with van der Waals surface area (Å²) in [6.07, 6.45) is 3.10. The Hall–Kier alpha value is -2.58. The van der Waals surface area contributed by atoms with Crippen LogP contribution in [0.2, 0.25) is 0 Å². The average molecular weight is 404 g/mol. The Morgan fingerprint density at radius 1 is 1.25 bits per heavy atom. The molecular weight excluding hydrogens is 380 g/mol. The van der Waals surface area contributed by atoms with Crippen LogP contribution in [-0.2, 0) is 6.54 Å². The summed E-state index contributed by atoms with van der Waals surface area (Å²) in [4.78, 5) is 2.30. The summed E-state index contributed by atoms with van der Waals surface area (Å²) in [7, 11) is 0. The maximum Gasteiger partial charge on any atom is 0.184 e. The van der Waals surface area contributed by atoms with E-state index in [1.165, 1.54) is 23.9 Å². The van der Waals surface area contributed by atoms with E-state index >= 15 is 0 Å². The van der Waals surface area contributed by atoms with E-state index in [0.29, 0.717) is 0 Å². The lowest BCUT2D eigenvalue weighted by atomic mass is 10.0. The van der Waals surface area contributed by atoms with Gasteiger partial charge in [-0.25, -0.2) is 8.78 Å². The van der Waals surface area contributed by atoms with E-state index in [4.69, 9.17) is 5.73 Å². The molecule has 8 heteroatoms. The second-order valence-corrected chi connectivity index (χ2v) is 7.24. The third kappa shape index (κ3) is 5.71. The molecule has 0 unspecified atom stereocenters. The van der Waals surface area contributed by atoms with Crippen LogP contribution in [-0.4, -0.2) is 35.4 Å². The Morgan fingerprint density at radius 3 is 2.64 bits per heavy atom. The first-order chi connectivity index (χ1) is 13.5. The molecule has 1 aliphatic heterocycles. The van der Waals surface area contributed by atoms with Crippen molar-refractivity contribution < 1.29 is 8.78 Å². The SMILES string of the molecule is NC(=S)NN=Cc1cc(F)c(N[C@H]2CCCN(Cc3ccccc3)C2)c(F)c1. The maximum atomic E-state index is 14.4. The molecule has 1 fully saturated rings. The van der Waals surface area contributed by atoms with Crippen LogP contribution in [0.3, 0.4) is 0 Å². The van der Waals surface area contributed by atoms with Crippen LogP contribution in [0.15, 0.2) is 47.6 Å². The zero-order valence-corrected chi connectivity index (χ0v) is 16.2. The lowest BCUT2D eigenvalue weighted by Gasteiger charge is -2.33. The molecule has 0 aromatic heterocycles. The highest BCUT2D eigenvalue weighted by atomic mass is 32.1. The number of nitrogens with two attached hydrogens (primary N) is 1. The molecule has 5 nitrogen and oxygen atoms in total. The van der Waals surface area contributed by atoms with Gasteiger partial charge in [-0.3, -0.25) is 10.3 Å². The largest absolute Gasteiger partial charge is 0.376 e. The Kier molecular flexibility index (Phi) is 6.89. The first-order valence-corrected chi connectivity index (χ1v) is 9.52. The van der Waals surface area contributed by atoms with Crippen molar-refractivity contribution in [1.82, 2.24) is 10.3 Å². The molecule has 1 heterocycles. The zero-order chi connectivity index (χ0) is 19.9. The highest BCUT2D eigenvalue weighted by molar-refractivity contribution is 7.80. The van der Waals surface area contributed by atoms with Gasteiger partial charge in [-0.15, -0.1) is 0 Å². The number of benzene rings is 2. The van der Waals surface area contributed by atoms with Gasteiger partial charge in [0.2, 0.25) is 0 Å². The van der Waals surface area contributed by atoms with E-state index in [2.05, 4.69) is 45.1 Å². The van der Waals surface area contributed by atoms with Crippen LogP contribution >= 0.6 is 12.2 Å². The maximum absolute atomic E-state index is 14.4. The smallest absolute Gasteiger partial charge is 0.184 e. The molecule has 3 rings (SSSR count). The van der Waals surface area contributed by atoms with Crippen molar-refractivity contribution in [3.8, 4) is 0 Å². The number of nitrogens with one attached hydrogen (secondary N) is 2. The summed E-state index contributed by atoms with van der Waals surface area (Å²) >= 11 is 4.62. The number of hydrazone groups is 1. The van der Waals surface area contributed by atoms with Gasteiger partial charge in [0, 0.05) is 24.7 Å². The van der Waals surface area contributed by atoms with E-state index in [1.54, 1.807) is 0 Å². The Bertz CT molecular complexity index is 821. The molecular formula is C20H23F2N5S. The van der Waals surface area contributed by atoms with Gasteiger partial charge in [-0.2, -0.15) is 5.10 Å². The number of hydrogen-bond donors (Lipinski definition) is 3. The summed E-state index contributed by atoms with van der Waals surface area (Å²) in [6.45, 7) is 2.54. The average Bonchev–Trinajstić information content (AvgIpc) is 2.66. The van der Waals surface area contributed by atoms with E-state index in [0.717, 1.165) is 32.5 Å². The summed E-state index contributed by atoms with van der Waals surface area (Å²) in [5, 5.41) is 6.74. The molecule has 0 radical (unpaired) electrons. The van der Waals surface area contributed by atoms with Crippen molar-refractivity contribution in [2.24, 2.45) is 10.8 Å². The second-order valence-electron chi connectivity index (χ2n) is 6.80. The van der Waals surface area contributed by atoms with E-state index < -0.39 is 11.6 Å². The van der Waals surface area contributed by atoms with Gasteiger partial charge in [0.15, 0.2) is 5.11 Å². The third-order valence-corrected chi connectivity index (χ3v) is 4.65. The van der Waals surface area contributed by atoms with Crippen LogP contribution in [0.1, 0.15) is 24.0 Å². The minimum absolute atomic E-state index is 0.0164. The van der Waals surface area contributed by atoms with Gasteiger partial charge in [-0.05, 0) is 49.3 Å². The van der Waals surface area contributed by atoms with E-state index in [-0.39, 0.29) is 22.4 Å². The van der Waals surface area contributed by atoms with Gasteiger partial charge in [0.05, 0.1) is 6.21 Å². The fourth-order valence-electron chi connectivity index (χ4n) is 3.34. The predicted molar refractivity (Wildman–Crippen MR) is 112 cm³/mol. The van der Waals surface area contributed by atoms with Gasteiger partial charge >= 0.3 is 0 Å². The van der Waals surface area contributed by atoms with Crippen LogP contribution in [0, 0.1) is 11.6 Å². The number of hydrogen-bond acceptors (Lipinski definition) is 4. The molecule has 2 aromatic carbocycles. The third-order valence-electron chi connectivity index (χ3n) is 4.56. The molecule has 2 aromatic rings. The van der Waals surface area contributed by atoms with Crippen molar-refractivity contribution in [2.75, 3.05) is 18.4 Å². The zero-order valence-electron chi connectivity index (χ0n) is 15.4. The molecule has 0 aliphatic carbocycles. The highest BCUT2D eigenvalue weighted by Gasteiger charge is 2.22. The van der Waals surface area contributed by atoms with Gasteiger partial charge in [0.1, 0.15) is 17.3 Å². The van der Waals surface area contributed by atoms with Gasteiger partial charge in [-0.1, -0.05) is 30.3 Å². The second kappa shape index (κ2) is 9.57. The predicted octanol–water partition coefficient (Wildman–Crippen LogP) is 3.21. The number of nitrogens with zero attached hydrogens (tertiary/aromatic N) is 2. The molecule has 0 spiro atoms. The van der Waals surface area contributed by atoms with Crippen molar-refractivity contribution in [3.05, 3.63) is 65.2 Å². The Labute approximate surface area is 168 Å². The normalized spacial score (nSPS) is 17.6. The van der Waals surface area contributed by atoms with Crippen molar-refractivity contribution >= 4 is 29.2 Å². The van der Waals surface area contributed by atoms with Crippen molar-refractivity contribution in [2.45, 2.75) is 25.4 Å².